The van der Waals surface area contributed by atoms with Gasteiger partial charge in [-0.25, -0.2) is 8.42 Å². The molecule has 0 aromatic heterocycles. The van der Waals surface area contributed by atoms with Crippen LogP contribution in [0.1, 0.15) is 44.6 Å². The average molecular weight is 425 g/mol. The fourth-order valence-corrected chi connectivity index (χ4v) is 5.20. The van der Waals surface area contributed by atoms with Crippen molar-refractivity contribution in [2.45, 2.75) is 39.0 Å². The summed E-state index contributed by atoms with van der Waals surface area (Å²) in [5.41, 5.74) is 5.25. The van der Waals surface area contributed by atoms with Crippen molar-refractivity contribution in [2.24, 2.45) is 11.8 Å². The third-order valence-corrected chi connectivity index (χ3v) is 6.95. The van der Waals surface area contributed by atoms with Crippen LogP contribution in [-0.2, 0) is 29.0 Å². The van der Waals surface area contributed by atoms with Crippen molar-refractivity contribution in [3.8, 4) is 0 Å². The highest BCUT2D eigenvalue weighted by Crippen LogP contribution is 2.28. The first kappa shape index (κ1) is 22.9. The van der Waals surface area contributed by atoms with Gasteiger partial charge in [0, 0.05) is 6.42 Å². The average Bonchev–Trinajstić information content (AvgIpc) is 3.03. The molecule has 2 amide bonds. The summed E-state index contributed by atoms with van der Waals surface area (Å²) in [7, 11) is -3.06. The van der Waals surface area contributed by atoms with Gasteiger partial charge in [-0.1, -0.05) is 50.6 Å². The second-order valence-electron chi connectivity index (χ2n) is 7.45. The van der Waals surface area contributed by atoms with Crippen LogP contribution >= 0.6 is 0 Å². The van der Waals surface area contributed by atoms with Crippen molar-refractivity contribution < 1.29 is 27.5 Å². The Bertz CT molecular complexity index is 825. The molecule has 8 nitrogen and oxygen atoms in total. The van der Waals surface area contributed by atoms with Gasteiger partial charge in [0.05, 0.1) is 17.4 Å². The van der Waals surface area contributed by atoms with Gasteiger partial charge in [0.1, 0.15) is 0 Å². The minimum absolute atomic E-state index is 0.0114. The molecule has 2 rings (SSSR count). The molecule has 1 heterocycles. The van der Waals surface area contributed by atoms with Gasteiger partial charge in [-0.15, -0.1) is 0 Å². The first-order chi connectivity index (χ1) is 13.7. The van der Waals surface area contributed by atoms with Gasteiger partial charge in [-0.2, -0.15) is 0 Å². The number of hydrogen-bond acceptors (Lipinski definition) is 6. The number of carbonyl (C=O) groups excluding carboxylic acids is 3. The molecule has 1 saturated heterocycles. The van der Waals surface area contributed by atoms with Crippen LogP contribution in [0.25, 0.3) is 0 Å². The molecule has 0 unspecified atom stereocenters. The summed E-state index contributed by atoms with van der Waals surface area (Å²) in [6, 6.07) is 9.24. The normalized spacial score (nSPS) is 19.7. The Morgan fingerprint density at radius 1 is 1.14 bits per heavy atom. The lowest BCUT2D eigenvalue weighted by atomic mass is 9.86. The Hall–Kier alpha value is -2.42. The quantitative estimate of drug-likeness (QED) is 0.480. The number of benzene rings is 1. The molecule has 0 aliphatic carbocycles. The number of carbonyl (C=O) groups is 3. The van der Waals surface area contributed by atoms with Crippen LogP contribution in [0.2, 0.25) is 0 Å². The van der Waals surface area contributed by atoms with Gasteiger partial charge in [0.15, 0.2) is 16.4 Å². The molecule has 0 radical (unpaired) electrons. The van der Waals surface area contributed by atoms with Crippen LogP contribution in [0.4, 0.5) is 0 Å². The fourth-order valence-electron chi connectivity index (χ4n) is 3.34. The largest absolute Gasteiger partial charge is 0.455 e. The Labute approximate surface area is 171 Å². The molecule has 2 N–H and O–H groups in total. The molecule has 160 valence electrons. The first-order valence-corrected chi connectivity index (χ1v) is 11.5. The SMILES string of the molecule is CC[C@H](C)[C@@H](C(=O)OCC(=O)NNC(=O)C[C@@H]1CCS(=O)(=O)C1)c1ccccc1. The molecular weight excluding hydrogens is 396 g/mol. The highest BCUT2D eigenvalue weighted by molar-refractivity contribution is 7.91. The Morgan fingerprint density at radius 2 is 1.79 bits per heavy atom. The van der Waals surface area contributed by atoms with E-state index < -0.39 is 40.1 Å². The van der Waals surface area contributed by atoms with Gasteiger partial charge in [0.25, 0.3) is 5.91 Å². The fraction of sp³-hybridized carbons (Fsp3) is 0.550. The second-order valence-corrected chi connectivity index (χ2v) is 9.68. The monoisotopic (exact) mass is 424 g/mol. The molecule has 0 saturated carbocycles. The number of nitrogens with one attached hydrogen (secondary N) is 2. The molecular formula is C20H28N2O6S. The Balaban J connectivity index is 1.78. The van der Waals surface area contributed by atoms with E-state index in [0.717, 1.165) is 12.0 Å². The highest BCUT2D eigenvalue weighted by atomic mass is 32.2. The van der Waals surface area contributed by atoms with Gasteiger partial charge in [0.2, 0.25) is 5.91 Å². The smallest absolute Gasteiger partial charge is 0.314 e. The molecule has 1 fully saturated rings. The van der Waals surface area contributed by atoms with E-state index in [1.54, 1.807) is 0 Å². The molecule has 1 aliphatic rings. The zero-order valence-corrected chi connectivity index (χ0v) is 17.5. The summed E-state index contributed by atoms with van der Waals surface area (Å²) >= 11 is 0. The lowest BCUT2D eigenvalue weighted by Gasteiger charge is -2.21. The minimum atomic E-state index is -3.06. The molecule has 0 spiro atoms. The molecule has 1 aliphatic heterocycles. The minimum Gasteiger partial charge on any atom is -0.455 e. The van der Waals surface area contributed by atoms with Crippen LogP contribution in [0.5, 0.6) is 0 Å². The second kappa shape index (κ2) is 10.4. The molecule has 3 atom stereocenters. The molecule has 1 aromatic carbocycles. The number of esters is 1. The lowest BCUT2D eigenvalue weighted by molar-refractivity contribution is -0.151. The first-order valence-electron chi connectivity index (χ1n) is 9.71. The van der Waals surface area contributed by atoms with Crippen molar-refractivity contribution >= 4 is 27.6 Å². The number of rotatable bonds is 8. The van der Waals surface area contributed by atoms with Crippen LogP contribution in [0.3, 0.4) is 0 Å². The molecule has 9 heteroatoms. The summed E-state index contributed by atoms with van der Waals surface area (Å²) in [4.78, 5) is 36.3. The number of amides is 2. The maximum absolute atomic E-state index is 12.5. The van der Waals surface area contributed by atoms with E-state index in [4.69, 9.17) is 4.74 Å². The maximum atomic E-state index is 12.5. The lowest BCUT2D eigenvalue weighted by Crippen LogP contribution is -2.44. The van der Waals surface area contributed by atoms with E-state index in [-0.39, 0.29) is 29.8 Å². The van der Waals surface area contributed by atoms with Crippen molar-refractivity contribution in [1.82, 2.24) is 10.9 Å². The van der Waals surface area contributed by atoms with Crippen LogP contribution in [0.15, 0.2) is 30.3 Å². The number of hydrazine groups is 1. The predicted molar refractivity (Wildman–Crippen MR) is 107 cm³/mol. The Kier molecular flexibility index (Phi) is 8.19. The third kappa shape index (κ3) is 7.16. The topological polar surface area (TPSA) is 119 Å². The van der Waals surface area contributed by atoms with Crippen molar-refractivity contribution in [3.63, 3.8) is 0 Å². The maximum Gasteiger partial charge on any atom is 0.314 e. The summed E-state index contributed by atoms with van der Waals surface area (Å²) in [6.07, 6.45) is 1.23. The standard InChI is InChI=1S/C20H28N2O6S/c1-3-14(2)19(16-7-5-4-6-8-16)20(25)28-12-18(24)22-21-17(23)11-15-9-10-29(26,27)13-15/h4-8,14-15,19H,3,9-13H2,1-2H3,(H,21,23)(H,22,24)/t14-,15-,19+/m0/s1. The van der Waals surface area contributed by atoms with E-state index >= 15 is 0 Å². The number of hydrogen-bond donors (Lipinski definition) is 2. The van der Waals surface area contributed by atoms with E-state index in [0.29, 0.717) is 6.42 Å². The number of ether oxygens (including phenoxy) is 1. The molecule has 1 aromatic rings. The van der Waals surface area contributed by atoms with Crippen molar-refractivity contribution in [2.75, 3.05) is 18.1 Å². The van der Waals surface area contributed by atoms with E-state index in [1.807, 2.05) is 44.2 Å². The molecule has 0 bridgehead atoms. The summed E-state index contributed by atoms with van der Waals surface area (Å²) < 4.78 is 28.0. The number of sulfone groups is 1. The van der Waals surface area contributed by atoms with Gasteiger partial charge >= 0.3 is 5.97 Å². The van der Waals surface area contributed by atoms with E-state index in [1.165, 1.54) is 0 Å². The molecule has 29 heavy (non-hydrogen) atoms. The zero-order chi connectivity index (χ0) is 21.4. The van der Waals surface area contributed by atoms with E-state index in [2.05, 4.69) is 10.9 Å². The Morgan fingerprint density at radius 3 is 2.38 bits per heavy atom. The predicted octanol–water partition coefficient (Wildman–Crippen LogP) is 1.33. The van der Waals surface area contributed by atoms with Crippen LogP contribution in [-0.4, -0.2) is 44.3 Å². The zero-order valence-electron chi connectivity index (χ0n) is 16.7. The summed E-state index contributed by atoms with van der Waals surface area (Å²) in [5.74, 6) is -2.24. The van der Waals surface area contributed by atoms with Crippen molar-refractivity contribution in [3.05, 3.63) is 35.9 Å². The van der Waals surface area contributed by atoms with Gasteiger partial charge in [-0.3, -0.25) is 25.2 Å². The summed E-state index contributed by atoms with van der Waals surface area (Å²) in [5, 5.41) is 0. The van der Waals surface area contributed by atoms with Gasteiger partial charge in [-0.05, 0) is 23.8 Å². The van der Waals surface area contributed by atoms with Crippen LogP contribution in [0, 0.1) is 11.8 Å². The third-order valence-electron chi connectivity index (χ3n) is 5.11. The van der Waals surface area contributed by atoms with Crippen molar-refractivity contribution in [1.29, 1.82) is 0 Å². The summed E-state index contributed by atoms with van der Waals surface area (Å²) in [6.45, 7) is 3.41. The van der Waals surface area contributed by atoms with E-state index in [9.17, 15) is 22.8 Å². The highest BCUT2D eigenvalue weighted by Gasteiger charge is 2.30. The van der Waals surface area contributed by atoms with Crippen LogP contribution < -0.4 is 10.9 Å². The van der Waals surface area contributed by atoms with Gasteiger partial charge < -0.3 is 4.74 Å².